The molecule has 0 bridgehead atoms. The predicted molar refractivity (Wildman–Crippen MR) is 166 cm³/mol. The summed E-state index contributed by atoms with van der Waals surface area (Å²) in [7, 11) is 0. The standard InChI is InChI=1S/C30H46N4O16/c1-11(2)5-4-6-16(38)32-19-23(43)20(40)14(47-29(19)50-28-18(31-12(3)36)22(42)21(41)15(10-35)48-28)9-13(37)26-24(44)25(45)27(49-26)34-8-7-17(39)33-30(34)46/h4,6-8,11,13-15,18-29,35,37,40-45H,5,9-10H2,1-3H3,(H,31,36)(H,32,38)(H,33,39,46)/b6-4+/t13?,14-,15?,18?,19-,20?,21+,22+,23-,24+,25?,26+,27+,28+,29?/m0/s1. The zero-order valence-electron chi connectivity index (χ0n) is 27.5. The Bertz CT molecular complexity index is 1450. The molecule has 11 N–H and O–H groups in total. The second-order valence-corrected chi connectivity index (χ2v) is 13.0. The van der Waals surface area contributed by atoms with E-state index in [0.717, 1.165) is 23.8 Å². The average molecular weight is 719 g/mol. The van der Waals surface area contributed by atoms with Gasteiger partial charge in [-0.1, -0.05) is 19.9 Å². The van der Waals surface area contributed by atoms with E-state index in [1.54, 1.807) is 6.08 Å². The van der Waals surface area contributed by atoms with E-state index in [2.05, 4.69) is 10.6 Å². The largest absolute Gasteiger partial charge is 0.394 e. The molecule has 282 valence electrons. The molecule has 0 aliphatic carbocycles. The fourth-order valence-electron chi connectivity index (χ4n) is 6.01. The third-order valence-corrected chi connectivity index (χ3v) is 8.66. The minimum absolute atomic E-state index is 0.222. The van der Waals surface area contributed by atoms with E-state index >= 15 is 0 Å². The highest BCUT2D eigenvalue weighted by molar-refractivity contribution is 5.87. The second kappa shape index (κ2) is 16.9. The van der Waals surface area contributed by atoms with Gasteiger partial charge in [0.15, 0.2) is 18.8 Å². The van der Waals surface area contributed by atoms with Crippen LogP contribution in [0.1, 0.15) is 39.8 Å². The first kappa shape index (κ1) is 39.7. The van der Waals surface area contributed by atoms with Gasteiger partial charge < -0.3 is 70.4 Å². The van der Waals surface area contributed by atoms with Gasteiger partial charge in [0.05, 0.1) is 18.8 Å². The van der Waals surface area contributed by atoms with Crippen molar-refractivity contribution in [1.29, 1.82) is 0 Å². The van der Waals surface area contributed by atoms with Gasteiger partial charge in [0, 0.05) is 25.6 Å². The fraction of sp³-hybridized carbons (Fsp3) is 0.733. The highest BCUT2D eigenvalue weighted by Gasteiger charge is 2.53. The van der Waals surface area contributed by atoms with Crippen molar-refractivity contribution in [2.75, 3.05) is 6.61 Å². The van der Waals surface area contributed by atoms with Crippen LogP contribution in [0.5, 0.6) is 0 Å². The van der Waals surface area contributed by atoms with Crippen molar-refractivity contribution in [1.82, 2.24) is 20.2 Å². The van der Waals surface area contributed by atoms with Gasteiger partial charge in [-0.25, -0.2) is 4.79 Å². The number of aromatic amines is 1. The van der Waals surface area contributed by atoms with Crippen LogP contribution in [0.25, 0.3) is 0 Å². The summed E-state index contributed by atoms with van der Waals surface area (Å²) in [5.41, 5.74) is -1.69. The lowest BCUT2D eigenvalue weighted by Gasteiger charge is -2.47. The van der Waals surface area contributed by atoms with E-state index < -0.39 is 128 Å². The van der Waals surface area contributed by atoms with Gasteiger partial charge in [0.25, 0.3) is 5.56 Å². The second-order valence-electron chi connectivity index (χ2n) is 13.0. The third kappa shape index (κ3) is 9.02. The summed E-state index contributed by atoms with van der Waals surface area (Å²) < 4.78 is 23.8. The molecule has 0 aromatic carbocycles. The van der Waals surface area contributed by atoms with Crippen molar-refractivity contribution in [3.63, 3.8) is 0 Å². The predicted octanol–water partition coefficient (Wildman–Crippen LogP) is -5.60. The molecule has 20 heteroatoms. The molecule has 3 fully saturated rings. The van der Waals surface area contributed by atoms with E-state index in [9.17, 15) is 60.0 Å². The number of hydrogen-bond acceptors (Lipinski definition) is 16. The molecule has 3 aliphatic heterocycles. The Labute approximate surface area is 284 Å². The molecule has 4 rings (SSSR count). The fourth-order valence-corrected chi connectivity index (χ4v) is 6.01. The molecule has 2 amide bonds. The monoisotopic (exact) mass is 718 g/mol. The topological polar surface area (TPSA) is 312 Å². The average Bonchev–Trinajstić information content (AvgIpc) is 3.34. The maximum absolute atomic E-state index is 12.8. The van der Waals surface area contributed by atoms with E-state index in [4.69, 9.17) is 18.9 Å². The number of nitrogens with zero attached hydrogens (tertiary/aromatic N) is 1. The zero-order chi connectivity index (χ0) is 37.0. The molecule has 0 saturated carbocycles. The molecule has 4 heterocycles. The van der Waals surface area contributed by atoms with E-state index in [0.29, 0.717) is 6.42 Å². The lowest BCUT2D eigenvalue weighted by Crippen LogP contribution is -2.68. The Morgan fingerprint density at radius 3 is 2.10 bits per heavy atom. The number of carbonyl (C=O) groups is 2. The molecule has 3 saturated heterocycles. The lowest BCUT2D eigenvalue weighted by molar-refractivity contribution is -0.346. The summed E-state index contributed by atoms with van der Waals surface area (Å²) in [5, 5.41) is 90.4. The van der Waals surface area contributed by atoms with Crippen molar-refractivity contribution in [3.05, 3.63) is 45.3 Å². The molecule has 0 radical (unpaired) electrons. The molecule has 6 unspecified atom stereocenters. The summed E-state index contributed by atoms with van der Waals surface area (Å²) in [6.07, 6.45) is -18.1. The van der Waals surface area contributed by atoms with Crippen LogP contribution in [-0.4, -0.2) is 155 Å². The number of carbonyl (C=O) groups excluding carboxylic acids is 2. The van der Waals surface area contributed by atoms with Crippen LogP contribution >= 0.6 is 0 Å². The zero-order valence-corrected chi connectivity index (χ0v) is 27.5. The van der Waals surface area contributed by atoms with Gasteiger partial charge in [-0.05, 0) is 18.4 Å². The Morgan fingerprint density at radius 2 is 1.52 bits per heavy atom. The minimum Gasteiger partial charge on any atom is -0.394 e. The Morgan fingerprint density at radius 1 is 0.920 bits per heavy atom. The minimum atomic E-state index is -1.85. The molecule has 15 atom stereocenters. The van der Waals surface area contributed by atoms with Gasteiger partial charge in [-0.3, -0.25) is 23.9 Å². The molecule has 1 aromatic heterocycles. The summed E-state index contributed by atoms with van der Waals surface area (Å²) in [6, 6.07) is -2.02. The van der Waals surface area contributed by atoms with Crippen LogP contribution in [0.4, 0.5) is 0 Å². The van der Waals surface area contributed by atoms with Crippen LogP contribution in [0, 0.1) is 5.92 Å². The number of aliphatic hydroxyl groups is 8. The highest BCUT2D eigenvalue weighted by atomic mass is 16.8. The van der Waals surface area contributed by atoms with Crippen LogP contribution in [-0.2, 0) is 28.5 Å². The van der Waals surface area contributed by atoms with Crippen molar-refractivity contribution in [3.8, 4) is 0 Å². The van der Waals surface area contributed by atoms with Gasteiger partial charge in [0.1, 0.15) is 60.9 Å². The number of rotatable bonds is 12. The summed E-state index contributed by atoms with van der Waals surface area (Å²) >= 11 is 0. The lowest BCUT2D eigenvalue weighted by atomic mass is 9.91. The molecule has 0 spiro atoms. The van der Waals surface area contributed by atoms with E-state index in [-0.39, 0.29) is 5.92 Å². The number of ether oxygens (including phenoxy) is 4. The number of allylic oxidation sites excluding steroid dienone is 1. The summed E-state index contributed by atoms with van der Waals surface area (Å²) in [6.45, 7) is 4.19. The first-order valence-corrected chi connectivity index (χ1v) is 16.1. The number of aromatic nitrogens is 2. The Hall–Kier alpha value is -3.12. The molecular formula is C30H46N4O16. The van der Waals surface area contributed by atoms with Crippen molar-refractivity contribution in [2.24, 2.45) is 5.92 Å². The van der Waals surface area contributed by atoms with Crippen LogP contribution < -0.4 is 21.9 Å². The van der Waals surface area contributed by atoms with Crippen LogP contribution in [0.3, 0.4) is 0 Å². The Balaban J connectivity index is 1.58. The molecule has 3 aliphatic rings. The van der Waals surface area contributed by atoms with Crippen LogP contribution in [0.2, 0.25) is 0 Å². The molecule has 20 nitrogen and oxygen atoms in total. The number of H-pyrrole nitrogens is 1. The molecular weight excluding hydrogens is 672 g/mol. The summed E-state index contributed by atoms with van der Waals surface area (Å²) in [5.74, 6) is -1.16. The molecule has 50 heavy (non-hydrogen) atoms. The van der Waals surface area contributed by atoms with Gasteiger partial charge in [0.2, 0.25) is 11.8 Å². The number of amides is 2. The van der Waals surface area contributed by atoms with E-state index in [1.165, 1.54) is 6.08 Å². The maximum Gasteiger partial charge on any atom is 0.330 e. The van der Waals surface area contributed by atoms with Crippen molar-refractivity contribution < 1.29 is 69.4 Å². The quantitative estimate of drug-likeness (QED) is 0.0898. The normalized spacial score (nSPS) is 38.3. The third-order valence-electron chi connectivity index (χ3n) is 8.66. The van der Waals surface area contributed by atoms with Crippen molar-refractivity contribution in [2.45, 2.75) is 126 Å². The number of aliphatic hydroxyl groups excluding tert-OH is 8. The first-order valence-electron chi connectivity index (χ1n) is 16.1. The molecule has 1 aromatic rings. The van der Waals surface area contributed by atoms with Gasteiger partial charge in [-0.2, -0.15) is 0 Å². The van der Waals surface area contributed by atoms with Crippen LogP contribution in [0.15, 0.2) is 34.0 Å². The summed E-state index contributed by atoms with van der Waals surface area (Å²) in [4.78, 5) is 50.5. The highest BCUT2D eigenvalue weighted by Crippen LogP contribution is 2.34. The smallest absolute Gasteiger partial charge is 0.330 e. The SMILES string of the molecule is CC(=O)NC1[C@@H](OC2O[C@@H](CC(O)[C@H]3O[C@@H](n4ccc(=O)[nH]c4=O)C(O)[C@H]3O)C(O)[C@@H](O)[C@@H]2NC(=O)/C=C/CC(C)C)OC(CO)[C@@H](O)[C@@H]1O. The van der Waals surface area contributed by atoms with E-state index in [1.807, 2.05) is 18.8 Å². The Kier molecular flexibility index (Phi) is 13.4. The van der Waals surface area contributed by atoms with Crippen molar-refractivity contribution >= 4 is 11.8 Å². The number of hydrogen-bond donors (Lipinski definition) is 11. The maximum atomic E-state index is 12.8. The number of nitrogens with one attached hydrogen (secondary N) is 3. The first-order chi connectivity index (χ1) is 23.5. The van der Waals surface area contributed by atoms with Gasteiger partial charge >= 0.3 is 5.69 Å². The van der Waals surface area contributed by atoms with Gasteiger partial charge in [-0.15, -0.1) is 0 Å².